The number of halogens is 1. The van der Waals surface area contributed by atoms with Gasteiger partial charge in [0.1, 0.15) is 5.82 Å². The summed E-state index contributed by atoms with van der Waals surface area (Å²) < 4.78 is 19.3. The minimum Gasteiger partial charge on any atom is -0.477 e. The molecule has 1 aliphatic rings. The molecule has 0 N–H and O–H groups in total. The van der Waals surface area contributed by atoms with Crippen LogP contribution in [0.15, 0.2) is 48.5 Å². The number of ketones is 1. The quantitative estimate of drug-likeness (QED) is 0.681. The number of hydrogen-bond acceptors (Lipinski definition) is 3. The summed E-state index contributed by atoms with van der Waals surface area (Å²) in [6, 6.07) is 13.8. The molecule has 1 aliphatic heterocycles. The number of aryl methyl sites for hydroxylation is 1. The maximum absolute atomic E-state index is 13.7. The van der Waals surface area contributed by atoms with Gasteiger partial charge in [-0.05, 0) is 48.7 Å². The van der Waals surface area contributed by atoms with Crippen molar-refractivity contribution in [3.8, 4) is 5.88 Å². The number of pyridine rings is 1. The number of carbonyl (C=O) groups excluding carboxylic acids is 1. The van der Waals surface area contributed by atoms with Crippen molar-refractivity contribution in [1.29, 1.82) is 0 Å². The molecule has 0 saturated heterocycles. The van der Waals surface area contributed by atoms with Crippen LogP contribution in [0, 0.1) is 5.82 Å². The fourth-order valence-electron chi connectivity index (χ4n) is 3.03. The number of ether oxygens (including phenoxy) is 1. The first kappa shape index (κ1) is 14.8. The molecule has 0 spiro atoms. The minimum absolute atomic E-state index is 0.0552. The SMILES string of the molecule is O=C(Cc1ccccc1F)c1ccc2nc3c(cc2c1)CCCO3. The standard InChI is InChI=1S/C20H16FNO2/c21-17-6-2-1-4-13(17)12-19(23)14-7-8-18-16(10-14)11-15-5-3-9-24-20(15)22-18/h1-2,4,6-8,10-11H,3,5,9,12H2. The lowest BCUT2D eigenvalue weighted by molar-refractivity contribution is 0.0992. The van der Waals surface area contributed by atoms with E-state index in [-0.39, 0.29) is 18.0 Å². The molecule has 3 aromatic rings. The molecule has 0 aliphatic carbocycles. The van der Waals surface area contributed by atoms with E-state index in [1.165, 1.54) is 6.07 Å². The fraction of sp³-hybridized carbons (Fsp3) is 0.200. The van der Waals surface area contributed by atoms with Gasteiger partial charge in [-0.1, -0.05) is 18.2 Å². The summed E-state index contributed by atoms with van der Waals surface area (Å²) in [4.78, 5) is 17.0. The molecule has 0 fully saturated rings. The Morgan fingerprint density at radius 2 is 2.04 bits per heavy atom. The maximum Gasteiger partial charge on any atom is 0.217 e. The Morgan fingerprint density at radius 3 is 2.92 bits per heavy atom. The predicted octanol–water partition coefficient (Wildman–Crippen LogP) is 4.12. The van der Waals surface area contributed by atoms with Crippen LogP contribution in [0.25, 0.3) is 10.9 Å². The molecule has 0 saturated carbocycles. The van der Waals surface area contributed by atoms with Crippen LogP contribution in [0.2, 0.25) is 0 Å². The zero-order valence-electron chi connectivity index (χ0n) is 13.1. The third-order valence-corrected chi connectivity index (χ3v) is 4.31. The molecule has 2 aromatic carbocycles. The highest BCUT2D eigenvalue weighted by Crippen LogP contribution is 2.27. The van der Waals surface area contributed by atoms with Gasteiger partial charge in [0, 0.05) is 22.9 Å². The molecule has 2 heterocycles. The van der Waals surface area contributed by atoms with Crippen LogP contribution >= 0.6 is 0 Å². The van der Waals surface area contributed by atoms with Crippen molar-refractivity contribution < 1.29 is 13.9 Å². The molecule has 3 nitrogen and oxygen atoms in total. The van der Waals surface area contributed by atoms with Crippen molar-refractivity contribution in [2.75, 3.05) is 6.61 Å². The van der Waals surface area contributed by atoms with Crippen molar-refractivity contribution in [3.63, 3.8) is 0 Å². The monoisotopic (exact) mass is 321 g/mol. The zero-order chi connectivity index (χ0) is 16.5. The van der Waals surface area contributed by atoms with Gasteiger partial charge in [-0.15, -0.1) is 0 Å². The second-order valence-corrected chi connectivity index (χ2v) is 6.00. The number of fused-ring (bicyclic) bond motifs is 2. The first-order valence-electron chi connectivity index (χ1n) is 8.04. The molecule has 0 unspecified atom stereocenters. The molecule has 1 aromatic heterocycles. The van der Waals surface area contributed by atoms with E-state index < -0.39 is 0 Å². The number of carbonyl (C=O) groups is 1. The smallest absolute Gasteiger partial charge is 0.217 e. The van der Waals surface area contributed by atoms with Gasteiger partial charge in [0.25, 0.3) is 0 Å². The van der Waals surface area contributed by atoms with Crippen molar-refractivity contribution in [2.24, 2.45) is 0 Å². The van der Waals surface area contributed by atoms with Crippen LogP contribution in [-0.4, -0.2) is 17.4 Å². The first-order valence-corrected chi connectivity index (χ1v) is 8.04. The van der Waals surface area contributed by atoms with E-state index in [2.05, 4.69) is 4.98 Å². The molecule has 4 heteroatoms. The summed E-state index contributed by atoms with van der Waals surface area (Å²) in [7, 11) is 0. The highest BCUT2D eigenvalue weighted by atomic mass is 19.1. The van der Waals surface area contributed by atoms with Gasteiger partial charge in [-0.3, -0.25) is 4.79 Å². The number of Topliss-reactive ketones (excluding diaryl/α,β-unsaturated/α-hetero) is 1. The summed E-state index contributed by atoms with van der Waals surface area (Å²) in [5.74, 6) is 0.245. The van der Waals surface area contributed by atoms with Crippen molar-refractivity contribution in [3.05, 3.63) is 71.0 Å². The lowest BCUT2D eigenvalue weighted by Gasteiger charge is -2.16. The average molecular weight is 321 g/mol. The van der Waals surface area contributed by atoms with E-state index in [9.17, 15) is 9.18 Å². The van der Waals surface area contributed by atoms with Crippen LogP contribution in [0.1, 0.15) is 27.9 Å². The second-order valence-electron chi connectivity index (χ2n) is 6.00. The molecule has 120 valence electrons. The highest BCUT2D eigenvalue weighted by Gasteiger charge is 2.15. The molecule has 0 atom stereocenters. The van der Waals surface area contributed by atoms with Crippen molar-refractivity contribution >= 4 is 16.7 Å². The van der Waals surface area contributed by atoms with Gasteiger partial charge in [-0.25, -0.2) is 9.37 Å². The summed E-state index contributed by atoms with van der Waals surface area (Å²) in [5.41, 5.74) is 2.87. The minimum atomic E-state index is -0.348. The third kappa shape index (κ3) is 2.75. The zero-order valence-corrected chi connectivity index (χ0v) is 13.1. The molecular formula is C20H16FNO2. The number of rotatable bonds is 3. The predicted molar refractivity (Wildman–Crippen MR) is 90.0 cm³/mol. The fourth-order valence-corrected chi connectivity index (χ4v) is 3.03. The third-order valence-electron chi connectivity index (χ3n) is 4.31. The normalized spacial score (nSPS) is 13.4. The van der Waals surface area contributed by atoms with Gasteiger partial charge >= 0.3 is 0 Å². The summed E-state index contributed by atoms with van der Waals surface area (Å²) in [6.07, 6.45) is 1.97. The Labute approximate surface area is 139 Å². The molecular weight excluding hydrogens is 305 g/mol. The Morgan fingerprint density at radius 1 is 1.17 bits per heavy atom. The van der Waals surface area contributed by atoms with E-state index >= 15 is 0 Å². The van der Waals surface area contributed by atoms with Crippen LogP contribution < -0.4 is 4.74 Å². The topological polar surface area (TPSA) is 39.2 Å². The molecule has 24 heavy (non-hydrogen) atoms. The van der Waals surface area contributed by atoms with E-state index in [0.717, 1.165) is 29.3 Å². The molecule has 0 bridgehead atoms. The lowest BCUT2D eigenvalue weighted by atomic mass is 10.00. The summed E-state index contributed by atoms with van der Waals surface area (Å²) >= 11 is 0. The number of nitrogens with zero attached hydrogens (tertiary/aromatic N) is 1. The molecule has 0 amide bonds. The van der Waals surface area contributed by atoms with Gasteiger partial charge in [0.2, 0.25) is 5.88 Å². The summed E-state index contributed by atoms with van der Waals surface area (Å²) in [6.45, 7) is 0.699. The summed E-state index contributed by atoms with van der Waals surface area (Å²) in [5, 5.41) is 0.915. The molecule has 4 rings (SSSR count). The van der Waals surface area contributed by atoms with Crippen LogP contribution in [0.5, 0.6) is 5.88 Å². The van der Waals surface area contributed by atoms with Crippen LogP contribution in [0.3, 0.4) is 0 Å². The van der Waals surface area contributed by atoms with Crippen molar-refractivity contribution in [1.82, 2.24) is 4.98 Å². The Bertz CT molecular complexity index is 936. The van der Waals surface area contributed by atoms with Crippen LogP contribution in [-0.2, 0) is 12.8 Å². The average Bonchev–Trinajstić information content (AvgIpc) is 2.61. The first-order chi connectivity index (χ1) is 11.7. The van der Waals surface area contributed by atoms with Crippen molar-refractivity contribution in [2.45, 2.75) is 19.3 Å². The Kier molecular flexibility index (Phi) is 3.73. The lowest BCUT2D eigenvalue weighted by Crippen LogP contribution is -2.10. The number of benzene rings is 2. The van der Waals surface area contributed by atoms with Gasteiger partial charge in [0.05, 0.1) is 12.1 Å². The van der Waals surface area contributed by atoms with Gasteiger partial charge in [-0.2, -0.15) is 0 Å². The van der Waals surface area contributed by atoms with E-state index in [0.29, 0.717) is 23.6 Å². The highest BCUT2D eigenvalue weighted by molar-refractivity contribution is 6.00. The maximum atomic E-state index is 13.7. The molecule has 0 radical (unpaired) electrons. The van der Waals surface area contributed by atoms with E-state index in [1.807, 2.05) is 18.2 Å². The van der Waals surface area contributed by atoms with E-state index in [4.69, 9.17) is 4.74 Å². The Hall–Kier alpha value is -2.75. The van der Waals surface area contributed by atoms with E-state index in [1.54, 1.807) is 24.3 Å². The largest absolute Gasteiger partial charge is 0.477 e. The number of hydrogen-bond donors (Lipinski definition) is 0. The van der Waals surface area contributed by atoms with Crippen LogP contribution in [0.4, 0.5) is 4.39 Å². The second kappa shape index (κ2) is 6.04. The Balaban J connectivity index is 1.67. The number of aromatic nitrogens is 1. The van der Waals surface area contributed by atoms with Gasteiger partial charge < -0.3 is 4.74 Å². The van der Waals surface area contributed by atoms with Gasteiger partial charge in [0.15, 0.2) is 5.78 Å².